The second-order valence-corrected chi connectivity index (χ2v) is 6.52. The van der Waals surface area contributed by atoms with Crippen LogP contribution >= 0.6 is 11.3 Å². The Morgan fingerprint density at radius 1 is 1.43 bits per heavy atom. The number of thiophene rings is 1. The molecule has 2 N–H and O–H groups in total. The van der Waals surface area contributed by atoms with Crippen molar-refractivity contribution in [3.05, 3.63) is 28.0 Å². The molecule has 0 atom stereocenters. The van der Waals surface area contributed by atoms with Gasteiger partial charge in [-0.25, -0.2) is 0 Å². The van der Waals surface area contributed by atoms with Gasteiger partial charge in [-0.05, 0) is 38.0 Å². The average molecular weight is 309 g/mol. The van der Waals surface area contributed by atoms with Gasteiger partial charge >= 0.3 is 5.97 Å². The first kappa shape index (κ1) is 15.7. The lowest BCUT2D eigenvalue weighted by atomic mass is 9.80. The van der Waals surface area contributed by atoms with Crippen LogP contribution in [0, 0.1) is 12.3 Å². The van der Waals surface area contributed by atoms with Crippen LogP contribution < -0.4 is 5.32 Å². The maximum atomic E-state index is 11.8. The normalized spacial score (nSPS) is 17.8. The number of rotatable bonds is 5. The maximum Gasteiger partial charge on any atom is 0.311 e. The van der Waals surface area contributed by atoms with Gasteiger partial charge in [-0.15, -0.1) is 11.3 Å². The first-order valence-electron chi connectivity index (χ1n) is 6.85. The summed E-state index contributed by atoms with van der Waals surface area (Å²) in [4.78, 5) is 25.4. The van der Waals surface area contributed by atoms with E-state index in [4.69, 9.17) is 4.74 Å². The molecule has 0 radical (unpaired) electrons. The SMILES string of the molecule is Cc1ccc(/C=C/C(=O)NCC2(C(=O)O)CCOCC2)s1. The minimum atomic E-state index is -0.902. The molecule has 1 aliphatic rings. The molecule has 0 bridgehead atoms. The van der Waals surface area contributed by atoms with E-state index in [0.717, 1.165) is 4.88 Å². The molecule has 114 valence electrons. The predicted molar refractivity (Wildman–Crippen MR) is 81.2 cm³/mol. The molecule has 0 saturated carbocycles. The molecular weight excluding hydrogens is 290 g/mol. The second-order valence-electron chi connectivity index (χ2n) is 5.20. The third kappa shape index (κ3) is 4.15. The van der Waals surface area contributed by atoms with E-state index in [2.05, 4.69) is 5.32 Å². The van der Waals surface area contributed by atoms with Crippen LogP contribution in [0.5, 0.6) is 0 Å². The number of hydrogen-bond donors (Lipinski definition) is 2. The highest BCUT2D eigenvalue weighted by Gasteiger charge is 2.40. The Kier molecular flexibility index (Phi) is 5.14. The van der Waals surface area contributed by atoms with Crippen LogP contribution in [0.15, 0.2) is 18.2 Å². The number of carboxylic acids is 1. The summed E-state index contributed by atoms with van der Waals surface area (Å²) in [7, 11) is 0. The fraction of sp³-hybridized carbons (Fsp3) is 0.467. The zero-order chi connectivity index (χ0) is 15.3. The monoisotopic (exact) mass is 309 g/mol. The summed E-state index contributed by atoms with van der Waals surface area (Å²) in [5.41, 5.74) is -0.902. The minimum Gasteiger partial charge on any atom is -0.481 e. The fourth-order valence-electron chi connectivity index (χ4n) is 2.24. The number of carbonyl (C=O) groups excluding carboxylic acids is 1. The van der Waals surface area contributed by atoms with Crippen LogP contribution in [0.25, 0.3) is 6.08 Å². The van der Waals surface area contributed by atoms with Crippen molar-refractivity contribution in [2.45, 2.75) is 19.8 Å². The van der Waals surface area contributed by atoms with Crippen molar-refractivity contribution >= 4 is 29.3 Å². The number of ether oxygens (including phenoxy) is 1. The molecule has 1 amide bonds. The number of amides is 1. The quantitative estimate of drug-likeness (QED) is 0.816. The van der Waals surface area contributed by atoms with E-state index in [-0.39, 0.29) is 12.5 Å². The number of aliphatic carboxylic acids is 1. The van der Waals surface area contributed by atoms with E-state index in [1.165, 1.54) is 11.0 Å². The highest BCUT2D eigenvalue weighted by molar-refractivity contribution is 7.12. The van der Waals surface area contributed by atoms with E-state index < -0.39 is 11.4 Å². The Balaban J connectivity index is 1.90. The van der Waals surface area contributed by atoms with Gasteiger partial charge in [-0.2, -0.15) is 0 Å². The first-order valence-corrected chi connectivity index (χ1v) is 7.67. The topological polar surface area (TPSA) is 75.6 Å². The van der Waals surface area contributed by atoms with Gasteiger partial charge in [0.15, 0.2) is 0 Å². The highest BCUT2D eigenvalue weighted by Crippen LogP contribution is 2.30. The molecule has 1 saturated heterocycles. The zero-order valence-electron chi connectivity index (χ0n) is 11.9. The molecule has 0 aliphatic carbocycles. The van der Waals surface area contributed by atoms with Gasteiger partial charge < -0.3 is 15.2 Å². The summed E-state index contributed by atoms with van der Waals surface area (Å²) >= 11 is 1.60. The number of carbonyl (C=O) groups is 2. The van der Waals surface area contributed by atoms with Crippen LogP contribution in [0.1, 0.15) is 22.6 Å². The van der Waals surface area contributed by atoms with Crippen LogP contribution in [0.4, 0.5) is 0 Å². The molecule has 0 spiro atoms. The lowest BCUT2D eigenvalue weighted by Gasteiger charge is -2.32. The summed E-state index contributed by atoms with van der Waals surface area (Å²) in [5.74, 6) is -1.14. The van der Waals surface area contributed by atoms with Crippen LogP contribution in [0.3, 0.4) is 0 Å². The van der Waals surface area contributed by atoms with Crippen molar-refractivity contribution in [1.82, 2.24) is 5.32 Å². The van der Waals surface area contributed by atoms with Crippen molar-refractivity contribution in [3.8, 4) is 0 Å². The first-order chi connectivity index (χ1) is 10.0. The van der Waals surface area contributed by atoms with Gasteiger partial charge in [-0.3, -0.25) is 9.59 Å². The lowest BCUT2D eigenvalue weighted by Crippen LogP contribution is -2.46. The van der Waals surface area contributed by atoms with Crippen molar-refractivity contribution < 1.29 is 19.4 Å². The second kappa shape index (κ2) is 6.87. The summed E-state index contributed by atoms with van der Waals surface area (Å²) in [6.45, 7) is 2.99. The number of aryl methyl sites for hydroxylation is 1. The van der Waals surface area contributed by atoms with E-state index in [1.807, 2.05) is 19.1 Å². The van der Waals surface area contributed by atoms with Gasteiger partial charge in [0.25, 0.3) is 0 Å². The molecule has 5 nitrogen and oxygen atoms in total. The van der Waals surface area contributed by atoms with Gasteiger partial charge in [0.1, 0.15) is 0 Å². The fourth-order valence-corrected chi connectivity index (χ4v) is 3.02. The largest absolute Gasteiger partial charge is 0.481 e. The molecular formula is C15H19NO4S. The Morgan fingerprint density at radius 3 is 2.71 bits per heavy atom. The van der Waals surface area contributed by atoms with E-state index in [1.54, 1.807) is 17.4 Å². The molecule has 2 rings (SSSR count). The standard InChI is InChI=1S/C15H19NO4S/c1-11-2-3-12(21-11)4-5-13(17)16-10-15(14(18)19)6-8-20-9-7-15/h2-5H,6-10H2,1H3,(H,16,17)(H,18,19)/b5-4+. The van der Waals surface area contributed by atoms with E-state index in [0.29, 0.717) is 26.1 Å². The van der Waals surface area contributed by atoms with Crippen molar-refractivity contribution in [2.24, 2.45) is 5.41 Å². The predicted octanol–water partition coefficient (Wildman–Crippen LogP) is 2.07. The van der Waals surface area contributed by atoms with Crippen LogP contribution in [0.2, 0.25) is 0 Å². The van der Waals surface area contributed by atoms with Crippen LogP contribution in [-0.4, -0.2) is 36.7 Å². The Bertz CT molecular complexity index is 544. The lowest BCUT2D eigenvalue weighted by molar-refractivity contribution is -0.154. The van der Waals surface area contributed by atoms with Crippen LogP contribution in [-0.2, 0) is 14.3 Å². The molecule has 2 heterocycles. The highest BCUT2D eigenvalue weighted by atomic mass is 32.1. The summed E-state index contributed by atoms with van der Waals surface area (Å²) < 4.78 is 5.20. The summed E-state index contributed by atoms with van der Waals surface area (Å²) in [6.07, 6.45) is 4.04. The molecule has 1 aromatic heterocycles. The molecule has 6 heteroatoms. The van der Waals surface area contributed by atoms with Crippen molar-refractivity contribution in [3.63, 3.8) is 0 Å². The van der Waals surface area contributed by atoms with Gasteiger partial charge in [0.05, 0.1) is 5.41 Å². The molecule has 1 aromatic rings. The Morgan fingerprint density at radius 2 is 2.14 bits per heavy atom. The Hall–Kier alpha value is -1.66. The Labute approximate surface area is 127 Å². The number of nitrogens with one attached hydrogen (secondary N) is 1. The number of hydrogen-bond acceptors (Lipinski definition) is 4. The third-order valence-electron chi connectivity index (χ3n) is 3.66. The minimum absolute atomic E-state index is 0.137. The average Bonchev–Trinajstić information content (AvgIpc) is 2.89. The molecule has 21 heavy (non-hydrogen) atoms. The molecule has 1 fully saturated rings. The van der Waals surface area contributed by atoms with Gasteiger partial charge in [-0.1, -0.05) is 0 Å². The number of carboxylic acid groups (broad SMARTS) is 1. The summed E-state index contributed by atoms with van der Waals surface area (Å²) in [6, 6.07) is 3.94. The van der Waals surface area contributed by atoms with Crippen molar-refractivity contribution in [2.75, 3.05) is 19.8 Å². The molecule has 1 aliphatic heterocycles. The molecule has 0 unspecified atom stereocenters. The smallest absolute Gasteiger partial charge is 0.311 e. The van der Waals surface area contributed by atoms with Gasteiger partial charge in [0.2, 0.25) is 5.91 Å². The summed E-state index contributed by atoms with van der Waals surface area (Å²) in [5, 5.41) is 12.1. The third-order valence-corrected chi connectivity index (χ3v) is 4.63. The maximum absolute atomic E-state index is 11.8. The zero-order valence-corrected chi connectivity index (χ0v) is 12.7. The van der Waals surface area contributed by atoms with E-state index in [9.17, 15) is 14.7 Å². The van der Waals surface area contributed by atoms with Crippen molar-refractivity contribution in [1.29, 1.82) is 0 Å². The van der Waals surface area contributed by atoms with E-state index >= 15 is 0 Å². The van der Waals surface area contributed by atoms with Gasteiger partial charge in [0, 0.05) is 35.6 Å². The molecule has 0 aromatic carbocycles.